The number of carbonyl (C=O) groups excluding carboxylic acids is 1. The molecule has 112 valence electrons. The van der Waals surface area contributed by atoms with Crippen LogP contribution in [-0.2, 0) is 22.5 Å². The summed E-state index contributed by atoms with van der Waals surface area (Å²) in [6.07, 6.45) is 0.663. The Bertz CT molecular complexity index is 713. The van der Waals surface area contributed by atoms with Gasteiger partial charge in [0.05, 0.1) is 10.5 Å². The minimum atomic E-state index is -0.439. The number of ether oxygens (including phenoxy) is 1. The van der Waals surface area contributed by atoms with Gasteiger partial charge >= 0.3 is 0 Å². The number of methoxy groups -OCH3 is 1. The molecule has 1 aromatic heterocycles. The maximum Gasteiger partial charge on any atom is 0.249 e. The second kappa shape index (κ2) is 5.31. The van der Waals surface area contributed by atoms with E-state index < -0.39 is 5.82 Å². The van der Waals surface area contributed by atoms with E-state index in [4.69, 9.17) is 16.3 Å². The van der Waals surface area contributed by atoms with Gasteiger partial charge in [0.15, 0.2) is 5.82 Å². The molecule has 21 heavy (non-hydrogen) atoms. The van der Waals surface area contributed by atoms with Crippen LogP contribution in [0.5, 0.6) is 0 Å². The first-order chi connectivity index (χ1) is 10.0. The van der Waals surface area contributed by atoms with Gasteiger partial charge in [0.25, 0.3) is 0 Å². The van der Waals surface area contributed by atoms with Crippen molar-refractivity contribution in [2.45, 2.75) is 25.9 Å². The number of amides is 1. The van der Waals surface area contributed by atoms with Crippen LogP contribution in [0, 0.1) is 5.82 Å². The molecular formula is C15H16ClFN2O2. The Labute approximate surface area is 126 Å². The van der Waals surface area contributed by atoms with Crippen molar-refractivity contribution >= 4 is 28.4 Å². The highest BCUT2D eigenvalue weighted by Gasteiger charge is 2.29. The quantitative estimate of drug-likeness (QED) is 0.927. The van der Waals surface area contributed by atoms with Gasteiger partial charge in [0.1, 0.15) is 6.61 Å². The molecule has 3 rings (SSSR count). The first kappa shape index (κ1) is 14.4. The van der Waals surface area contributed by atoms with Crippen LogP contribution in [0.4, 0.5) is 4.39 Å². The smallest absolute Gasteiger partial charge is 0.249 e. The summed E-state index contributed by atoms with van der Waals surface area (Å²) in [6.45, 7) is 2.49. The molecule has 2 aromatic rings. The largest absolute Gasteiger partial charge is 0.375 e. The number of benzene rings is 1. The number of H-pyrrole nitrogens is 1. The molecule has 1 atom stereocenters. The van der Waals surface area contributed by atoms with Crippen molar-refractivity contribution < 1.29 is 13.9 Å². The monoisotopic (exact) mass is 310 g/mol. The van der Waals surface area contributed by atoms with E-state index in [1.165, 1.54) is 7.11 Å². The molecule has 0 spiro atoms. The second-order valence-corrected chi connectivity index (χ2v) is 5.78. The van der Waals surface area contributed by atoms with E-state index in [1.54, 1.807) is 17.0 Å². The third-order valence-corrected chi connectivity index (χ3v) is 4.30. The van der Waals surface area contributed by atoms with Crippen LogP contribution >= 0.6 is 11.6 Å². The molecule has 0 saturated carbocycles. The highest BCUT2D eigenvalue weighted by Crippen LogP contribution is 2.33. The van der Waals surface area contributed by atoms with Gasteiger partial charge in [0.2, 0.25) is 5.91 Å². The Hall–Kier alpha value is -1.59. The topological polar surface area (TPSA) is 45.3 Å². The van der Waals surface area contributed by atoms with Gasteiger partial charge in [0, 0.05) is 42.8 Å². The van der Waals surface area contributed by atoms with Gasteiger partial charge in [-0.3, -0.25) is 4.79 Å². The Morgan fingerprint density at radius 2 is 2.33 bits per heavy atom. The van der Waals surface area contributed by atoms with E-state index in [9.17, 15) is 9.18 Å². The molecule has 0 bridgehead atoms. The molecule has 6 heteroatoms. The molecule has 0 aliphatic carbocycles. The van der Waals surface area contributed by atoms with Crippen LogP contribution in [0.15, 0.2) is 12.1 Å². The number of halogens is 2. The molecule has 1 aliphatic rings. The zero-order chi connectivity index (χ0) is 15.1. The van der Waals surface area contributed by atoms with Crippen LogP contribution in [0.3, 0.4) is 0 Å². The molecule has 0 fully saturated rings. The number of nitrogens with one attached hydrogen (secondary N) is 1. The highest BCUT2D eigenvalue weighted by molar-refractivity contribution is 6.31. The van der Waals surface area contributed by atoms with E-state index >= 15 is 0 Å². The maximum atomic E-state index is 14.1. The molecule has 0 unspecified atom stereocenters. The van der Waals surface area contributed by atoms with Gasteiger partial charge in [-0.25, -0.2) is 4.39 Å². The Morgan fingerprint density at radius 3 is 3.05 bits per heavy atom. The number of fused-ring (bicyclic) bond motifs is 3. The minimum Gasteiger partial charge on any atom is -0.375 e. The first-order valence-corrected chi connectivity index (χ1v) is 7.16. The summed E-state index contributed by atoms with van der Waals surface area (Å²) in [5.74, 6) is -0.495. The fourth-order valence-corrected chi connectivity index (χ4v) is 3.10. The number of carbonyl (C=O) groups is 1. The molecule has 1 aromatic carbocycles. The first-order valence-electron chi connectivity index (χ1n) is 6.78. The number of aromatic amines is 1. The van der Waals surface area contributed by atoms with E-state index in [0.29, 0.717) is 18.5 Å². The zero-order valence-electron chi connectivity index (χ0n) is 11.9. The summed E-state index contributed by atoms with van der Waals surface area (Å²) in [4.78, 5) is 17.0. The van der Waals surface area contributed by atoms with Crippen molar-refractivity contribution in [3.8, 4) is 0 Å². The van der Waals surface area contributed by atoms with E-state index in [1.807, 2.05) is 6.92 Å². The lowest BCUT2D eigenvalue weighted by Crippen LogP contribution is -2.44. The van der Waals surface area contributed by atoms with Gasteiger partial charge < -0.3 is 14.6 Å². The van der Waals surface area contributed by atoms with Crippen LogP contribution in [0.1, 0.15) is 18.2 Å². The molecule has 0 radical (unpaired) electrons. The molecular weight excluding hydrogens is 295 g/mol. The number of nitrogens with zero attached hydrogens (tertiary/aromatic N) is 1. The summed E-state index contributed by atoms with van der Waals surface area (Å²) in [7, 11) is 1.50. The lowest BCUT2D eigenvalue weighted by Gasteiger charge is -2.33. The standard InChI is InChI=1S/C15H16ClFN2O2/c1-8-5-12-10(6-19(8)13(20)7-21-2)9-3-4-11(16)14(17)15(9)18-12/h3-4,8,18H,5-7H2,1-2H3/t8-/m0/s1. The lowest BCUT2D eigenvalue weighted by atomic mass is 9.99. The van der Waals surface area contributed by atoms with Crippen molar-refractivity contribution in [1.29, 1.82) is 0 Å². The van der Waals surface area contributed by atoms with Crippen molar-refractivity contribution in [2.75, 3.05) is 13.7 Å². The van der Waals surface area contributed by atoms with Crippen LogP contribution in [-0.4, -0.2) is 35.5 Å². The summed E-state index contributed by atoms with van der Waals surface area (Å²) in [6, 6.07) is 3.39. The van der Waals surface area contributed by atoms with Crippen LogP contribution in [0.2, 0.25) is 5.02 Å². The molecule has 1 amide bonds. The van der Waals surface area contributed by atoms with Crippen molar-refractivity contribution in [3.63, 3.8) is 0 Å². The van der Waals surface area contributed by atoms with Gasteiger partial charge in [-0.2, -0.15) is 0 Å². The van der Waals surface area contributed by atoms with Crippen molar-refractivity contribution in [2.24, 2.45) is 0 Å². The molecule has 0 saturated heterocycles. The van der Waals surface area contributed by atoms with E-state index in [0.717, 1.165) is 16.6 Å². The average Bonchev–Trinajstić information content (AvgIpc) is 2.80. The number of hydrogen-bond donors (Lipinski definition) is 1. The Balaban J connectivity index is 2.05. The summed E-state index contributed by atoms with van der Waals surface area (Å²) < 4.78 is 19.0. The van der Waals surface area contributed by atoms with Gasteiger partial charge in [-0.05, 0) is 13.0 Å². The number of aromatic nitrogens is 1. The maximum absolute atomic E-state index is 14.1. The lowest BCUT2D eigenvalue weighted by molar-refractivity contribution is -0.138. The predicted molar refractivity (Wildman–Crippen MR) is 78.9 cm³/mol. The van der Waals surface area contributed by atoms with Crippen molar-refractivity contribution in [3.05, 3.63) is 34.2 Å². The number of hydrogen-bond acceptors (Lipinski definition) is 2. The molecule has 4 nitrogen and oxygen atoms in total. The third kappa shape index (κ3) is 2.30. The minimum absolute atomic E-state index is 0.0479. The van der Waals surface area contributed by atoms with Crippen molar-refractivity contribution in [1.82, 2.24) is 9.88 Å². The summed E-state index contributed by atoms with van der Waals surface area (Å²) >= 11 is 5.82. The Morgan fingerprint density at radius 1 is 1.57 bits per heavy atom. The van der Waals surface area contributed by atoms with E-state index in [2.05, 4.69) is 4.98 Å². The van der Waals surface area contributed by atoms with E-state index in [-0.39, 0.29) is 23.6 Å². The third-order valence-electron chi connectivity index (χ3n) is 4.01. The van der Waals surface area contributed by atoms with Gasteiger partial charge in [-0.1, -0.05) is 17.7 Å². The summed E-state index contributed by atoms with van der Waals surface area (Å²) in [5.41, 5.74) is 2.35. The van der Waals surface area contributed by atoms with Crippen LogP contribution in [0.25, 0.3) is 10.9 Å². The molecule has 1 aliphatic heterocycles. The molecule has 1 N–H and O–H groups in total. The van der Waals surface area contributed by atoms with Crippen LogP contribution < -0.4 is 0 Å². The van der Waals surface area contributed by atoms with Gasteiger partial charge in [-0.15, -0.1) is 0 Å². The fourth-order valence-electron chi connectivity index (χ4n) is 2.94. The number of rotatable bonds is 2. The normalized spacial score (nSPS) is 18.1. The molecule has 2 heterocycles. The summed E-state index contributed by atoms with van der Waals surface area (Å²) in [5, 5.41) is 0.885. The predicted octanol–water partition coefficient (Wildman–Crippen LogP) is 2.88. The zero-order valence-corrected chi connectivity index (χ0v) is 12.6. The SMILES string of the molecule is COCC(=O)N1Cc2c([nH]c3c(F)c(Cl)ccc23)C[C@@H]1C. The second-order valence-electron chi connectivity index (χ2n) is 5.37. The average molecular weight is 311 g/mol. The highest BCUT2D eigenvalue weighted by atomic mass is 35.5. The fraction of sp³-hybridized carbons (Fsp3) is 0.400. The Kier molecular flexibility index (Phi) is 3.63.